The van der Waals surface area contributed by atoms with Gasteiger partial charge in [-0.05, 0) is 32.6 Å². The van der Waals surface area contributed by atoms with E-state index in [1.165, 1.54) is 6.42 Å². The Labute approximate surface area is 110 Å². The van der Waals surface area contributed by atoms with Crippen molar-refractivity contribution in [1.29, 1.82) is 0 Å². The lowest BCUT2D eigenvalue weighted by Crippen LogP contribution is -2.54. The molecule has 2 aliphatic rings. The SMILES string of the molecule is CC1(C)CCN1C=O.CCC(=O)N1CCC(C)C1. The van der Waals surface area contributed by atoms with Gasteiger partial charge in [-0.2, -0.15) is 0 Å². The molecule has 0 N–H and O–H groups in total. The van der Waals surface area contributed by atoms with Crippen LogP contribution in [-0.4, -0.2) is 47.3 Å². The maximum absolute atomic E-state index is 11.1. The van der Waals surface area contributed by atoms with E-state index in [-0.39, 0.29) is 5.54 Å². The Morgan fingerprint density at radius 3 is 2.28 bits per heavy atom. The number of nitrogens with zero attached hydrogens (tertiary/aromatic N) is 2. The first-order valence-corrected chi connectivity index (χ1v) is 6.90. The highest BCUT2D eigenvalue weighted by atomic mass is 16.2. The standard InChI is InChI=1S/C8H15NO.C6H11NO/c1-3-8(10)9-5-4-7(2)6-9;1-6(2)3-4-7(6)5-8/h7H,3-6H2,1-2H3;5H,3-4H2,1-2H3. The zero-order valence-corrected chi connectivity index (χ0v) is 12.1. The molecule has 1 unspecified atom stereocenters. The fraction of sp³-hybridized carbons (Fsp3) is 0.857. The average Bonchev–Trinajstić information content (AvgIpc) is 2.75. The first kappa shape index (κ1) is 15.0. The van der Waals surface area contributed by atoms with Crippen molar-refractivity contribution in [3.8, 4) is 0 Å². The summed E-state index contributed by atoms with van der Waals surface area (Å²) in [5.74, 6) is 1.03. The monoisotopic (exact) mass is 254 g/mol. The van der Waals surface area contributed by atoms with Crippen molar-refractivity contribution in [1.82, 2.24) is 9.80 Å². The highest BCUT2D eigenvalue weighted by molar-refractivity contribution is 5.76. The molecule has 2 amide bonds. The predicted octanol–water partition coefficient (Wildman–Crippen LogP) is 1.89. The number of carbonyl (C=O) groups excluding carboxylic acids is 2. The van der Waals surface area contributed by atoms with Crippen LogP contribution in [0.1, 0.15) is 47.0 Å². The van der Waals surface area contributed by atoms with Gasteiger partial charge in [-0.1, -0.05) is 13.8 Å². The summed E-state index contributed by atoms with van der Waals surface area (Å²) in [6.45, 7) is 11.2. The van der Waals surface area contributed by atoms with Crippen LogP contribution in [0.15, 0.2) is 0 Å². The number of hydrogen-bond acceptors (Lipinski definition) is 2. The third kappa shape index (κ3) is 3.72. The average molecular weight is 254 g/mol. The molecule has 4 nitrogen and oxygen atoms in total. The fourth-order valence-corrected chi connectivity index (χ4v) is 2.27. The number of rotatable bonds is 2. The topological polar surface area (TPSA) is 40.6 Å². The number of likely N-dealkylation sites (tertiary alicyclic amines) is 2. The molecule has 2 aliphatic heterocycles. The molecular formula is C14H26N2O2. The van der Waals surface area contributed by atoms with Crippen molar-refractivity contribution in [2.45, 2.75) is 52.5 Å². The second-order valence-corrected chi connectivity index (χ2v) is 5.95. The van der Waals surface area contributed by atoms with Gasteiger partial charge in [-0.25, -0.2) is 0 Å². The van der Waals surface area contributed by atoms with Crippen LogP contribution in [0.3, 0.4) is 0 Å². The fourth-order valence-electron chi connectivity index (χ4n) is 2.27. The maximum Gasteiger partial charge on any atom is 0.222 e. The normalized spacial score (nSPS) is 25.0. The van der Waals surface area contributed by atoms with E-state index in [0.29, 0.717) is 12.3 Å². The van der Waals surface area contributed by atoms with Gasteiger partial charge in [0.15, 0.2) is 0 Å². The molecule has 2 rings (SSSR count). The first-order chi connectivity index (χ1) is 8.40. The van der Waals surface area contributed by atoms with Crippen molar-refractivity contribution in [3.05, 3.63) is 0 Å². The number of amides is 2. The Hall–Kier alpha value is -1.06. The molecule has 4 heteroatoms. The molecule has 2 saturated heterocycles. The Kier molecular flexibility index (Phi) is 5.17. The summed E-state index contributed by atoms with van der Waals surface area (Å²) < 4.78 is 0. The second kappa shape index (κ2) is 6.21. The highest BCUT2D eigenvalue weighted by Crippen LogP contribution is 2.26. The summed E-state index contributed by atoms with van der Waals surface area (Å²) in [4.78, 5) is 25.0. The Bertz CT molecular complexity index is 302. The third-order valence-corrected chi connectivity index (χ3v) is 3.95. The zero-order valence-electron chi connectivity index (χ0n) is 12.1. The predicted molar refractivity (Wildman–Crippen MR) is 72.1 cm³/mol. The van der Waals surface area contributed by atoms with E-state index in [9.17, 15) is 9.59 Å². The largest absolute Gasteiger partial charge is 0.342 e. The van der Waals surface area contributed by atoms with Gasteiger partial charge >= 0.3 is 0 Å². The minimum Gasteiger partial charge on any atom is -0.342 e. The van der Waals surface area contributed by atoms with Crippen LogP contribution in [0, 0.1) is 5.92 Å². The van der Waals surface area contributed by atoms with E-state index in [2.05, 4.69) is 20.8 Å². The van der Waals surface area contributed by atoms with Crippen molar-refractivity contribution in [3.63, 3.8) is 0 Å². The molecule has 0 radical (unpaired) electrons. The van der Waals surface area contributed by atoms with Crippen molar-refractivity contribution >= 4 is 12.3 Å². The summed E-state index contributed by atoms with van der Waals surface area (Å²) in [5.41, 5.74) is 0.155. The van der Waals surface area contributed by atoms with Crippen molar-refractivity contribution < 1.29 is 9.59 Å². The molecule has 0 aromatic carbocycles. The lowest BCUT2D eigenvalue weighted by atomic mass is 9.90. The molecule has 0 aliphatic carbocycles. The molecular weight excluding hydrogens is 228 g/mol. The molecule has 104 valence electrons. The molecule has 2 heterocycles. The van der Waals surface area contributed by atoms with Gasteiger partial charge in [0, 0.05) is 31.6 Å². The van der Waals surface area contributed by atoms with Gasteiger partial charge < -0.3 is 9.80 Å². The second-order valence-electron chi connectivity index (χ2n) is 5.95. The van der Waals surface area contributed by atoms with Gasteiger partial charge in [0.25, 0.3) is 0 Å². The van der Waals surface area contributed by atoms with Crippen LogP contribution >= 0.6 is 0 Å². The molecule has 1 atom stereocenters. The van der Waals surface area contributed by atoms with E-state index < -0.39 is 0 Å². The Morgan fingerprint density at radius 1 is 1.39 bits per heavy atom. The molecule has 2 fully saturated rings. The van der Waals surface area contributed by atoms with E-state index in [0.717, 1.165) is 38.4 Å². The molecule has 0 bridgehead atoms. The molecule has 0 aromatic rings. The molecule has 0 aromatic heterocycles. The highest BCUT2D eigenvalue weighted by Gasteiger charge is 2.34. The van der Waals surface area contributed by atoms with Gasteiger partial charge in [-0.15, -0.1) is 0 Å². The lowest BCUT2D eigenvalue weighted by molar-refractivity contribution is -0.130. The van der Waals surface area contributed by atoms with Crippen LogP contribution in [0.25, 0.3) is 0 Å². The molecule has 0 saturated carbocycles. The smallest absolute Gasteiger partial charge is 0.222 e. The maximum atomic E-state index is 11.1. The van der Waals surface area contributed by atoms with Gasteiger partial charge in [0.05, 0.1) is 0 Å². The van der Waals surface area contributed by atoms with Crippen LogP contribution < -0.4 is 0 Å². The van der Waals surface area contributed by atoms with Gasteiger partial charge in [-0.3, -0.25) is 9.59 Å². The Balaban J connectivity index is 0.000000184. The quantitative estimate of drug-likeness (QED) is 0.706. The van der Waals surface area contributed by atoms with E-state index in [4.69, 9.17) is 0 Å². The first-order valence-electron chi connectivity index (χ1n) is 6.90. The summed E-state index contributed by atoms with van der Waals surface area (Å²) >= 11 is 0. The number of hydrogen-bond donors (Lipinski definition) is 0. The van der Waals surface area contributed by atoms with E-state index in [1.54, 1.807) is 0 Å². The molecule has 0 spiro atoms. The van der Waals surface area contributed by atoms with Crippen LogP contribution in [0.2, 0.25) is 0 Å². The zero-order chi connectivity index (χ0) is 13.8. The minimum absolute atomic E-state index is 0.155. The summed E-state index contributed by atoms with van der Waals surface area (Å²) in [5, 5.41) is 0. The summed E-state index contributed by atoms with van der Waals surface area (Å²) in [6.07, 6.45) is 3.91. The van der Waals surface area contributed by atoms with Crippen molar-refractivity contribution in [2.75, 3.05) is 19.6 Å². The lowest BCUT2D eigenvalue weighted by Gasteiger charge is -2.45. The summed E-state index contributed by atoms with van der Waals surface area (Å²) in [7, 11) is 0. The third-order valence-electron chi connectivity index (χ3n) is 3.95. The van der Waals surface area contributed by atoms with Gasteiger partial charge in [0.1, 0.15) is 0 Å². The Morgan fingerprint density at radius 2 is 2.06 bits per heavy atom. The van der Waals surface area contributed by atoms with E-state index in [1.807, 2.05) is 16.7 Å². The minimum atomic E-state index is 0.155. The molecule has 18 heavy (non-hydrogen) atoms. The van der Waals surface area contributed by atoms with Gasteiger partial charge in [0.2, 0.25) is 12.3 Å². The van der Waals surface area contributed by atoms with Crippen LogP contribution in [-0.2, 0) is 9.59 Å². The van der Waals surface area contributed by atoms with E-state index >= 15 is 0 Å². The number of carbonyl (C=O) groups is 2. The van der Waals surface area contributed by atoms with Crippen molar-refractivity contribution in [2.24, 2.45) is 5.92 Å². The van der Waals surface area contributed by atoms with Crippen LogP contribution in [0.4, 0.5) is 0 Å². The van der Waals surface area contributed by atoms with Crippen LogP contribution in [0.5, 0.6) is 0 Å². The summed E-state index contributed by atoms with van der Waals surface area (Å²) in [6, 6.07) is 0.